The molecule has 6 rings (SSSR count). The number of hydrogen-bond donors (Lipinski definition) is 0. The Bertz CT molecular complexity index is 1570. The Labute approximate surface area is 263 Å². The van der Waals surface area contributed by atoms with Gasteiger partial charge in [0.15, 0.2) is 16.8 Å². The molecule has 3 heterocycles. The topological polar surface area (TPSA) is 39.7 Å². The fraction of sp³-hybridized carbons (Fsp3) is 0.389. The Hall–Kier alpha value is -3.62. The number of piperidine rings is 2. The minimum atomic E-state index is -0.843. The van der Waals surface area contributed by atoms with Gasteiger partial charge in [0.1, 0.15) is 0 Å². The summed E-state index contributed by atoms with van der Waals surface area (Å²) in [5.74, 6) is -1.57. The molecule has 1 unspecified atom stereocenters. The normalized spacial score (nSPS) is 20.5. The highest BCUT2D eigenvalue weighted by Gasteiger charge is 2.43. The van der Waals surface area contributed by atoms with E-state index in [-0.39, 0.29) is 11.3 Å². The zero-order valence-corrected chi connectivity index (χ0v) is 26.3. The minimum absolute atomic E-state index is 0.109. The lowest BCUT2D eigenvalue weighted by Gasteiger charge is -2.46. The Morgan fingerprint density at radius 1 is 0.886 bits per heavy atom. The van der Waals surface area contributed by atoms with E-state index < -0.39 is 17.0 Å². The number of hydrogen-bond acceptors (Lipinski definition) is 5. The summed E-state index contributed by atoms with van der Waals surface area (Å²) in [4.78, 5) is 24.6. The van der Waals surface area contributed by atoms with Gasteiger partial charge < -0.3 is 14.7 Å². The molecule has 0 radical (unpaired) electrons. The van der Waals surface area contributed by atoms with Crippen molar-refractivity contribution >= 4 is 22.4 Å². The first-order valence-electron chi connectivity index (χ1n) is 15.5. The molecular weight excluding hydrogens is 574 g/mol. The minimum Gasteiger partial charge on any atom is -0.354 e. The number of thiazole rings is 1. The van der Waals surface area contributed by atoms with E-state index in [1.165, 1.54) is 17.7 Å². The Morgan fingerprint density at radius 2 is 1.59 bits per heavy atom. The maximum absolute atomic E-state index is 14.6. The average Bonchev–Trinajstić information content (AvgIpc) is 3.56. The fourth-order valence-electron chi connectivity index (χ4n) is 7.06. The number of likely N-dealkylation sites (tertiary alicyclic amines) is 2. The van der Waals surface area contributed by atoms with E-state index in [4.69, 9.17) is 4.98 Å². The number of benzene rings is 3. The van der Waals surface area contributed by atoms with Gasteiger partial charge >= 0.3 is 0 Å². The quantitative estimate of drug-likeness (QED) is 0.203. The predicted octanol–water partition coefficient (Wildman–Crippen LogP) is 7.02. The van der Waals surface area contributed by atoms with Crippen molar-refractivity contribution in [1.29, 1.82) is 0 Å². The smallest absolute Gasteiger partial charge is 0.222 e. The largest absolute Gasteiger partial charge is 0.354 e. The summed E-state index contributed by atoms with van der Waals surface area (Å²) in [5.41, 5.74) is 3.67. The molecule has 0 aliphatic carbocycles. The van der Waals surface area contributed by atoms with Crippen molar-refractivity contribution < 1.29 is 13.6 Å². The van der Waals surface area contributed by atoms with E-state index in [9.17, 15) is 13.6 Å². The predicted molar refractivity (Wildman–Crippen MR) is 173 cm³/mol. The first-order valence-corrected chi connectivity index (χ1v) is 16.3. The van der Waals surface area contributed by atoms with Crippen molar-refractivity contribution in [2.24, 2.45) is 0 Å². The Balaban J connectivity index is 1.23. The van der Waals surface area contributed by atoms with Crippen molar-refractivity contribution in [3.8, 4) is 0 Å². The number of amides is 1. The third kappa shape index (κ3) is 6.15. The molecule has 4 aromatic rings. The van der Waals surface area contributed by atoms with E-state index in [1.54, 1.807) is 17.4 Å². The summed E-state index contributed by atoms with van der Waals surface area (Å²) in [5, 5.41) is 3.23. The summed E-state index contributed by atoms with van der Waals surface area (Å²) < 4.78 is 28.6. The maximum Gasteiger partial charge on any atom is 0.222 e. The van der Waals surface area contributed by atoms with Crippen LogP contribution in [0.1, 0.15) is 54.5 Å². The zero-order valence-electron chi connectivity index (χ0n) is 25.5. The molecule has 1 atom stereocenters. The third-order valence-electron chi connectivity index (χ3n) is 9.72. The highest BCUT2D eigenvalue weighted by Crippen LogP contribution is 2.44. The lowest BCUT2D eigenvalue weighted by molar-refractivity contribution is -0.136. The van der Waals surface area contributed by atoms with Gasteiger partial charge in [-0.05, 0) is 74.1 Å². The summed E-state index contributed by atoms with van der Waals surface area (Å²) in [6, 6.07) is 25.0. The van der Waals surface area contributed by atoms with Crippen LogP contribution in [0.3, 0.4) is 0 Å². The molecule has 5 nitrogen and oxygen atoms in total. The number of halogens is 2. The molecule has 0 saturated carbocycles. The number of aromatic nitrogens is 1. The van der Waals surface area contributed by atoms with E-state index >= 15 is 0 Å². The van der Waals surface area contributed by atoms with Gasteiger partial charge in [0.2, 0.25) is 5.91 Å². The molecule has 44 heavy (non-hydrogen) atoms. The van der Waals surface area contributed by atoms with Crippen LogP contribution in [0, 0.1) is 11.6 Å². The van der Waals surface area contributed by atoms with Crippen LogP contribution >= 0.6 is 11.3 Å². The van der Waals surface area contributed by atoms with Crippen LogP contribution in [-0.4, -0.2) is 61.0 Å². The van der Waals surface area contributed by atoms with Crippen LogP contribution in [0.15, 0.2) is 84.2 Å². The second-order valence-corrected chi connectivity index (χ2v) is 13.4. The number of anilines is 1. The van der Waals surface area contributed by atoms with Gasteiger partial charge in [0, 0.05) is 49.8 Å². The summed E-state index contributed by atoms with van der Waals surface area (Å²) in [6.45, 7) is 3.63. The number of rotatable bonds is 9. The van der Waals surface area contributed by atoms with Gasteiger partial charge in [0.25, 0.3) is 0 Å². The maximum atomic E-state index is 14.6. The first-order chi connectivity index (χ1) is 21.3. The molecular formula is C36H40F2N4OS. The van der Waals surface area contributed by atoms with Crippen LogP contribution in [0.4, 0.5) is 13.9 Å². The highest BCUT2D eigenvalue weighted by atomic mass is 32.1. The monoisotopic (exact) mass is 614 g/mol. The van der Waals surface area contributed by atoms with Crippen molar-refractivity contribution in [3.05, 3.63) is 118 Å². The van der Waals surface area contributed by atoms with Gasteiger partial charge in [-0.15, -0.1) is 11.3 Å². The van der Waals surface area contributed by atoms with Crippen molar-refractivity contribution in [3.63, 3.8) is 0 Å². The summed E-state index contributed by atoms with van der Waals surface area (Å²) >= 11 is 1.69. The first kappa shape index (κ1) is 30.4. The van der Waals surface area contributed by atoms with E-state index in [0.717, 1.165) is 60.8 Å². The fourth-order valence-corrected chi connectivity index (χ4v) is 7.92. The molecule has 1 aromatic heterocycles. The van der Waals surface area contributed by atoms with Gasteiger partial charge in [-0.25, -0.2) is 13.8 Å². The summed E-state index contributed by atoms with van der Waals surface area (Å²) in [7, 11) is 4.06. The molecule has 8 heteroatoms. The summed E-state index contributed by atoms with van der Waals surface area (Å²) in [6.07, 6.45) is 3.67. The van der Waals surface area contributed by atoms with Crippen LogP contribution in [0.25, 0.3) is 0 Å². The molecule has 0 N–H and O–H groups in total. The van der Waals surface area contributed by atoms with Crippen molar-refractivity contribution in [2.75, 3.05) is 45.2 Å². The van der Waals surface area contributed by atoms with Gasteiger partial charge in [-0.2, -0.15) is 0 Å². The molecule has 0 spiro atoms. The standard InChI is InChI=1S/C36H40F2N4OS/c1-40(2)34-39-32(25-44-34)36(28-11-7-4-8-12-28)18-21-41(22-19-36)20-17-35(29-13-14-30(37)31(38)23-29)16-15-33(43)42(26-35)24-27-9-5-3-6-10-27/h3-14,23,25H,15-22,24,26H2,1-2H3. The lowest BCUT2D eigenvalue weighted by Crippen LogP contribution is -2.51. The SMILES string of the molecule is CN(C)c1nc(C2(c3ccccc3)CCN(CCC3(c4ccc(F)c(F)c4)CCC(=O)N(Cc4ccccc4)C3)CC2)cs1. The van der Waals surface area contributed by atoms with E-state index in [0.29, 0.717) is 25.9 Å². The molecule has 2 aliphatic heterocycles. The Morgan fingerprint density at radius 3 is 2.25 bits per heavy atom. The lowest BCUT2D eigenvalue weighted by atomic mass is 9.69. The van der Waals surface area contributed by atoms with E-state index in [2.05, 4.69) is 45.5 Å². The number of carbonyl (C=O) groups excluding carboxylic acids is 1. The van der Waals surface area contributed by atoms with Crippen LogP contribution < -0.4 is 4.90 Å². The second-order valence-electron chi connectivity index (χ2n) is 12.6. The molecule has 1 amide bonds. The van der Waals surface area contributed by atoms with Crippen molar-refractivity contribution in [1.82, 2.24) is 14.8 Å². The molecule has 0 bridgehead atoms. The van der Waals surface area contributed by atoms with E-state index in [1.807, 2.05) is 49.3 Å². The van der Waals surface area contributed by atoms with Gasteiger partial charge in [-0.1, -0.05) is 66.7 Å². The van der Waals surface area contributed by atoms with Crippen LogP contribution in [-0.2, 0) is 22.2 Å². The average molecular weight is 615 g/mol. The molecule has 230 valence electrons. The third-order valence-corrected chi connectivity index (χ3v) is 10.7. The van der Waals surface area contributed by atoms with Gasteiger partial charge in [-0.3, -0.25) is 4.79 Å². The zero-order chi connectivity index (χ0) is 30.7. The molecule has 3 aromatic carbocycles. The number of carbonyl (C=O) groups is 1. The molecule has 2 saturated heterocycles. The second kappa shape index (κ2) is 12.8. The number of nitrogens with zero attached hydrogens (tertiary/aromatic N) is 4. The Kier molecular flexibility index (Phi) is 8.83. The van der Waals surface area contributed by atoms with Crippen LogP contribution in [0.5, 0.6) is 0 Å². The van der Waals surface area contributed by atoms with Crippen LogP contribution in [0.2, 0.25) is 0 Å². The highest BCUT2D eigenvalue weighted by molar-refractivity contribution is 7.13. The van der Waals surface area contributed by atoms with Gasteiger partial charge in [0.05, 0.1) is 5.69 Å². The molecule has 2 fully saturated rings. The van der Waals surface area contributed by atoms with Crippen molar-refractivity contribution in [2.45, 2.75) is 49.5 Å². The molecule has 2 aliphatic rings.